The van der Waals surface area contributed by atoms with Crippen LogP contribution in [0.3, 0.4) is 0 Å². The fraction of sp³-hybridized carbons (Fsp3) is 0.294. The summed E-state index contributed by atoms with van der Waals surface area (Å²) in [6, 6.07) is 11.4. The molecular weight excluding hydrogens is 304 g/mol. The van der Waals surface area contributed by atoms with E-state index in [9.17, 15) is 4.79 Å². The average molecular weight is 324 g/mol. The van der Waals surface area contributed by atoms with E-state index in [2.05, 4.69) is 20.4 Å². The number of hydrogen-bond acceptors (Lipinski definition) is 5. The lowest BCUT2D eigenvalue weighted by Crippen LogP contribution is -2.36. The third-order valence-corrected chi connectivity index (χ3v) is 3.63. The monoisotopic (exact) mass is 324 g/mol. The highest BCUT2D eigenvalue weighted by Gasteiger charge is 2.19. The van der Waals surface area contributed by atoms with Gasteiger partial charge in [0.2, 0.25) is 0 Å². The number of likely N-dealkylation sites (N-methyl/N-ethyl adjacent to an activating group) is 1. The highest BCUT2D eigenvalue weighted by molar-refractivity contribution is 5.93. The quantitative estimate of drug-likeness (QED) is 0.769. The molecule has 0 aliphatic carbocycles. The van der Waals surface area contributed by atoms with Crippen molar-refractivity contribution in [3.63, 3.8) is 0 Å². The van der Waals surface area contributed by atoms with Crippen LogP contribution in [0.2, 0.25) is 0 Å². The van der Waals surface area contributed by atoms with E-state index < -0.39 is 0 Å². The molecule has 3 rings (SSSR count). The molecule has 0 radical (unpaired) electrons. The molecule has 0 aliphatic rings. The van der Waals surface area contributed by atoms with E-state index in [1.165, 1.54) is 4.52 Å². The molecule has 124 valence electrons. The van der Waals surface area contributed by atoms with Gasteiger partial charge in [-0.15, -0.1) is 5.10 Å². The van der Waals surface area contributed by atoms with Crippen molar-refractivity contribution in [3.05, 3.63) is 59.7 Å². The van der Waals surface area contributed by atoms with E-state index >= 15 is 0 Å². The van der Waals surface area contributed by atoms with Crippen LogP contribution in [0, 0.1) is 6.92 Å². The number of hydrogen-bond donors (Lipinski definition) is 1. The van der Waals surface area contributed by atoms with Gasteiger partial charge in [-0.25, -0.2) is 4.98 Å². The first-order chi connectivity index (χ1) is 11.5. The first-order valence-corrected chi connectivity index (χ1v) is 7.73. The Hall–Kier alpha value is -2.80. The molecule has 1 unspecified atom stereocenters. The Morgan fingerprint density at radius 3 is 2.71 bits per heavy atom. The molecule has 1 amide bonds. The number of benzene rings is 1. The van der Waals surface area contributed by atoms with Gasteiger partial charge < -0.3 is 10.2 Å². The number of amides is 1. The second-order valence-corrected chi connectivity index (χ2v) is 5.90. The standard InChI is InChI=1S/C17H20N6O/c1-12-19-17-18-10-9-15(23(17)21-12)16(24)20-14(11-22(2)3)13-7-5-4-6-8-13/h4-10,14H,11H2,1-3H3,(H,20,24). The van der Waals surface area contributed by atoms with Gasteiger partial charge in [-0.1, -0.05) is 30.3 Å². The maximum Gasteiger partial charge on any atom is 0.270 e. The van der Waals surface area contributed by atoms with Gasteiger partial charge in [-0.3, -0.25) is 4.79 Å². The van der Waals surface area contributed by atoms with E-state index in [0.29, 0.717) is 23.8 Å². The zero-order chi connectivity index (χ0) is 17.1. The summed E-state index contributed by atoms with van der Waals surface area (Å²) in [6.45, 7) is 2.47. The molecule has 2 aromatic heterocycles. The van der Waals surface area contributed by atoms with Gasteiger partial charge in [0.25, 0.3) is 11.7 Å². The molecule has 0 fully saturated rings. The number of nitrogens with zero attached hydrogens (tertiary/aromatic N) is 5. The zero-order valence-corrected chi connectivity index (χ0v) is 14.0. The molecule has 1 aromatic carbocycles. The van der Waals surface area contributed by atoms with Gasteiger partial charge >= 0.3 is 0 Å². The fourth-order valence-corrected chi connectivity index (χ4v) is 2.58. The van der Waals surface area contributed by atoms with Crippen LogP contribution < -0.4 is 5.32 Å². The summed E-state index contributed by atoms with van der Waals surface area (Å²) in [5.41, 5.74) is 1.47. The Kier molecular flexibility index (Phi) is 4.52. The van der Waals surface area contributed by atoms with Crippen LogP contribution in [0.5, 0.6) is 0 Å². The van der Waals surface area contributed by atoms with Crippen molar-refractivity contribution in [1.29, 1.82) is 0 Å². The number of carbonyl (C=O) groups is 1. The van der Waals surface area contributed by atoms with Crippen molar-refractivity contribution in [3.8, 4) is 0 Å². The summed E-state index contributed by atoms with van der Waals surface area (Å²) in [6.07, 6.45) is 1.57. The largest absolute Gasteiger partial charge is 0.343 e. The smallest absolute Gasteiger partial charge is 0.270 e. The third kappa shape index (κ3) is 3.41. The summed E-state index contributed by atoms with van der Waals surface area (Å²) < 4.78 is 1.47. The first kappa shape index (κ1) is 16.1. The minimum Gasteiger partial charge on any atom is -0.343 e. The summed E-state index contributed by atoms with van der Waals surface area (Å²) in [4.78, 5) is 23.2. The van der Waals surface area contributed by atoms with Crippen molar-refractivity contribution in [2.75, 3.05) is 20.6 Å². The van der Waals surface area contributed by atoms with Crippen LogP contribution >= 0.6 is 0 Å². The van der Waals surface area contributed by atoms with Gasteiger partial charge in [0, 0.05) is 12.7 Å². The number of aryl methyl sites for hydroxylation is 1. The molecule has 24 heavy (non-hydrogen) atoms. The lowest BCUT2D eigenvalue weighted by Gasteiger charge is -2.23. The van der Waals surface area contributed by atoms with Gasteiger partial charge in [-0.05, 0) is 32.6 Å². The van der Waals surface area contributed by atoms with Crippen molar-refractivity contribution in [2.24, 2.45) is 0 Å². The molecular formula is C17H20N6O. The van der Waals surface area contributed by atoms with Crippen LogP contribution in [0.4, 0.5) is 0 Å². The lowest BCUT2D eigenvalue weighted by molar-refractivity contribution is 0.0922. The number of fused-ring (bicyclic) bond motifs is 1. The van der Waals surface area contributed by atoms with Crippen LogP contribution in [0.15, 0.2) is 42.6 Å². The molecule has 0 saturated carbocycles. The average Bonchev–Trinajstić information content (AvgIpc) is 2.94. The van der Waals surface area contributed by atoms with Gasteiger partial charge in [0.05, 0.1) is 6.04 Å². The molecule has 0 aliphatic heterocycles. The minimum atomic E-state index is -0.206. The van der Waals surface area contributed by atoms with E-state index in [1.54, 1.807) is 19.2 Å². The predicted octanol–water partition coefficient (Wildman–Crippen LogP) is 1.47. The predicted molar refractivity (Wildman–Crippen MR) is 90.7 cm³/mol. The van der Waals surface area contributed by atoms with Crippen LogP contribution in [0.1, 0.15) is 27.9 Å². The fourth-order valence-electron chi connectivity index (χ4n) is 2.58. The maximum absolute atomic E-state index is 12.8. The number of aromatic nitrogens is 4. The number of carbonyl (C=O) groups excluding carboxylic acids is 1. The van der Waals surface area contributed by atoms with E-state index in [0.717, 1.165) is 5.56 Å². The van der Waals surface area contributed by atoms with E-state index in [4.69, 9.17) is 0 Å². The Morgan fingerprint density at radius 2 is 2.00 bits per heavy atom. The summed E-state index contributed by atoms with van der Waals surface area (Å²) >= 11 is 0. The van der Waals surface area contributed by atoms with Crippen molar-refractivity contribution < 1.29 is 4.79 Å². The molecule has 2 heterocycles. The second-order valence-electron chi connectivity index (χ2n) is 5.90. The summed E-state index contributed by atoms with van der Waals surface area (Å²) in [7, 11) is 3.96. The number of rotatable bonds is 5. The Morgan fingerprint density at radius 1 is 1.25 bits per heavy atom. The molecule has 7 nitrogen and oxygen atoms in total. The lowest BCUT2D eigenvalue weighted by atomic mass is 10.1. The first-order valence-electron chi connectivity index (χ1n) is 7.73. The highest BCUT2D eigenvalue weighted by atomic mass is 16.2. The molecule has 0 spiro atoms. The van der Waals surface area contributed by atoms with Crippen LogP contribution in [0.25, 0.3) is 5.78 Å². The minimum absolute atomic E-state index is 0.124. The topological polar surface area (TPSA) is 75.4 Å². The Balaban J connectivity index is 1.90. The summed E-state index contributed by atoms with van der Waals surface area (Å²) in [5, 5.41) is 7.33. The van der Waals surface area contributed by atoms with Crippen LogP contribution in [-0.4, -0.2) is 51.0 Å². The van der Waals surface area contributed by atoms with Crippen LogP contribution in [-0.2, 0) is 0 Å². The van der Waals surface area contributed by atoms with Gasteiger partial charge in [-0.2, -0.15) is 9.50 Å². The van der Waals surface area contributed by atoms with E-state index in [-0.39, 0.29) is 11.9 Å². The molecule has 0 saturated heterocycles. The molecule has 1 atom stereocenters. The number of nitrogens with one attached hydrogen (secondary N) is 1. The van der Waals surface area contributed by atoms with Gasteiger partial charge in [0.1, 0.15) is 11.5 Å². The van der Waals surface area contributed by atoms with Gasteiger partial charge in [0.15, 0.2) is 0 Å². The van der Waals surface area contributed by atoms with Crippen molar-refractivity contribution in [2.45, 2.75) is 13.0 Å². The maximum atomic E-state index is 12.8. The molecule has 7 heteroatoms. The Labute approximate surface area is 140 Å². The third-order valence-electron chi connectivity index (χ3n) is 3.63. The normalized spacial score (nSPS) is 12.5. The van der Waals surface area contributed by atoms with Crippen molar-refractivity contribution >= 4 is 11.7 Å². The zero-order valence-electron chi connectivity index (χ0n) is 14.0. The molecule has 1 N–H and O–H groups in total. The summed E-state index contributed by atoms with van der Waals surface area (Å²) in [5.74, 6) is 0.794. The van der Waals surface area contributed by atoms with Crippen molar-refractivity contribution in [1.82, 2.24) is 29.8 Å². The molecule has 3 aromatic rings. The Bertz CT molecular complexity index is 843. The van der Waals surface area contributed by atoms with E-state index in [1.807, 2.05) is 49.3 Å². The molecule has 0 bridgehead atoms. The SMILES string of the molecule is Cc1nc2nccc(C(=O)NC(CN(C)C)c3ccccc3)n2n1. The second kappa shape index (κ2) is 6.76. The highest BCUT2D eigenvalue weighted by Crippen LogP contribution is 2.14.